The molecular formula is C14H25N5O4. The summed E-state index contributed by atoms with van der Waals surface area (Å²) in [7, 11) is 1.24. The molecule has 23 heavy (non-hydrogen) atoms. The Balaban J connectivity index is 2.49. The molecular weight excluding hydrogens is 302 g/mol. The fourth-order valence-corrected chi connectivity index (χ4v) is 1.85. The number of hydrazone groups is 1. The summed E-state index contributed by atoms with van der Waals surface area (Å²) < 4.78 is 9.74. The average Bonchev–Trinajstić information content (AvgIpc) is 2.55. The number of amides is 2. The maximum absolute atomic E-state index is 12.1. The van der Waals surface area contributed by atoms with Gasteiger partial charge in [-0.05, 0) is 13.3 Å². The van der Waals surface area contributed by atoms with E-state index in [1.54, 1.807) is 6.08 Å². The maximum atomic E-state index is 12.1. The molecule has 0 aromatic heterocycles. The Morgan fingerprint density at radius 2 is 2.13 bits per heavy atom. The van der Waals surface area contributed by atoms with E-state index >= 15 is 0 Å². The summed E-state index contributed by atoms with van der Waals surface area (Å²) >= 11 is 0. The zero-order chi connectivity index (χ0) is 17.1. The molecule has 0 bridgehead atoms. The van der Waals surface area contributed by atoms with Gasteiger partial charge in [-0.25, -0.2) is 15.0 Å². The summed E-state index contributed by atoms with van der Waals surface area (Å²) in [6.45, 7) is 4.75. The summed E-state index contributed by atoms with van der Waals surface area (Å²) in [5, 5.41) is 4.92. The fourth-order valence-electron chi connectivity index (χ4n) is 1.85. The molecule has 0 fully saturated rings. The summed E-state index contributed by atoms with van der Waals surface area (Å²) in [4.78, 5) is 24.7. The first-order valence-electron chi connectivity index (χ1n) is 7.72. The number of ether oxygens (including phenoxy) is 2. The monoisotopic (exact) mass is 327 g/mol. The van der Waals surface area contributed by atoms with E-state index in [-0.39, 0.29) is 0 Å². The Labute approximate surface area is 136 Å². The van der Waals surface area contributed by atoms with Gasteiger partial charge in [0.05, 0.1) is 19.9 Å². The molecule has 0 spiro atoms. The largest absolute Gasteiger partial charge is 0.452 e. The molecule has 0 saturated heterocycles. The third-order valence-corrected chi connectivity index (χ3v) is 3.07. The highest BCUT2D eigenvalue weighted by Gasteiger charge is 2.21. The van der Waals surface area contributed by atoms with Crippen LogP contribution in [-0.4, -0.2) is 48.8 Å². The lowest BCUT2D eigenvalue weighted by atomic mass is 10.2. The number of allylic oxidation sites excluding steroid dienone is 1. The van der Waals surface area contributed by atoms with Crippen molar-refractivity contribution in [1.29, 1.82) is 0 Å². The Morgan fingerprint density at radius 1 is 1.35 bits per heavy atom. The summed E-state index contributed by atoms with van der Waals surface area (Å²) in [6.07, 6.45) is 6.08. The second-order valence-electron chi connectivity index (χ2n) is 4.76. The molecule has 9 heteroatoms. The Hall–Kier alpha value is -2.45. The standard InChI is InChI=1S/C14H25N5O4/c1-4-6-7-8-11-23-14(21)18(5-2)12-9-10-15-19(16-12)17-13(20)22-3/h9-10,16H,4-8,11H2,1-3H3,(H,17,20). The van der Waals surface area contributed by atoms with Crippen molar-refractivity contribution in [2.45, 2.75) is 39.5 Å². The highest BCUT2D eigenvalue weighted by atomic mass is 16.6. The van der Waals surface area contributed by atoms with Crippen molar-refractivity contribution in [3.05, 3.63) is 11.9 Å². The van der Waals surface area contributed by atoms with Gasteiger partial charge in [-0.15, -0.1) is 10.3 Å². The zero-order valence-electron chi connectivity index (χ0n) is 13.9. The third kappa shape index (κ3) is 6.45. The van der Waals surface area contributed by atoms with Crippen LogP contribution in [0.2, 0.25) is 0 Å². The van der Waals surface area contributed by atoms with Gasteiger partial charge < -0.3 is 9.47 Å². The fraction of sp³-hybridized carbons (Fsp3) is 0.643. The third-order valence-electron chi connectivity index (χ3n) is 3.07. The van der Waals surface area contributed by atoms with Crippen LogP contribution in [-0.2, 0) is 9.47 Å². The van der Waals surface area contributed by atoms with Crippen molar-refractivity contribution >= 4 is 18.4 Å². The van der Waals surface area contributed by atoms with E-state index < -0.39 is 12.2 Å². The molecule has 0 radical (unpaired) electrons. The van der Waals surface area contributed by atoms with E-state index in [1.807, 2.05) is 6.92 Å². The quantitative estimate of drug-likeness (QED) is 0.662. The normalized spacial score (nSPS) is 13.0. The number of nitrogens with one attached hydrogen (secondary N) is 2. The van der Waals surface area contributed by atoms with Crippen LogP contribution in [0, 0.1) is 0 Å². The van der Waals surface area contributed by atoms with Gasteiger partial charge in [-0.3, -0.25) is 4.90 Å². The van der Waals surface area contributed by atoms with Gasteiger partial charge in [0.2, 0.25) is 0 Å². The number of nitrogens with zero attached hydrogens (tertiary/aromatic N) is 3. The Bertz CT molecular complexity index is 452. The average molecular weight is 327 g/mol. The summed E-state index contributed by atoms with van der Waals surface area (Å²) in [5.74, 6) is 0.442. The van der Waals surface area contributed by atoms with Gasteiger partial charge in [-0.1, -0.05) is 26.2 Å². The van der Waals surface area contributed by atoms with Gasteiger partial charge in [0.1, 0.15) is 5.82 Å². The molecule has 1 rings (SSSR count). The minimum Gasteiger partial charge on any atom is -0.452 e. The minimum absolute atomic E-state index is 0.390. The molecule has 9 nitrogen and oxygen atoms in total. The minimum atomic E-state index is -0.683. The van der Waals surface area contributed by atoms with Gasteiger partial charge in [0.25, 0.3) is 0 Å². The number of carbonyl (C=O) groups is 2. The van der Waals surface area contributed by atoms with Crippen LogP contribution in [0.1, 0.15) is 39.5 Å². The van der Waals surface area contributed by atoms with Crippen LogP contribution in [0.4, 0.5) is 9.59 Å². The topological polar surface area (TPSA) is 95.5 Å². The van der Waals surface area contributed by atoms with Crippen LogP contribution in [0.5, 0.6) is 0 Å². The first-order valence-corrected chi connectivity index (χ1v) is 7.72. The first kappa shape index (κ1) is 18.6. The van der Waals surface area contributed by atoms with E-state index in [2.05, 4.69) is 27.6 Å². The number of carbonyl (C=O) groups excluding carboxylic acids is 2. The molecule has 0 aromatic carbocycles. The maximum Gasteiger partial charge on any atom is 0.428 e. The smallest absolute Gasteiger partial charge is 0.428 e. The highest BCUT2D eigenvalue weighted by Crippen LogP contribution is 2.08. The lowest BCUT2D eigenvalue weighted by molar-refractivity contribution is 0.0775. The van der Waals surface area contributed by atoms with Crippen LogP contribution in [0.15, 0.2) is 17.0 Å². The lowest BCUT2D eigenvalue weighted by Crippen LogP contribution is -2.52. The van der Waals surface area contributed by atoms with Gasteiger partial charge >= 0.3 is 12.2 Å². The number of unbranched alkanes of at least 4 members (excludes halogenated alkanes) is 3. The summed E-state index contributed by atoms with van der Waals surface area (Å²) in [6, 6.07) is 0. The zero-order valence-corrected chi connectivity index (χ0v) is 13.9. The molecule has 1 aliphatic rings. The van der Waals surface area contributed by atoms with Crippen LogP contribution >= 0.6 is 0 Å². The molecule has 2 N–H and O–H groups in total. The van der Waals surface area contributed by atoms with E-state index in [1.165, 1.54) is 18.2 Å². The number of rotatable bonds is 8. The molecule has 0 aliphatic carbocycles. The van der Waals surface area contributed by atoms with Crippen molar-refractivity contribution in [1.82, 2.24) is 21.0 Å². The van der Waals surface area contributed by atoms with Crippen molar-refractivity contribution in [2.24, 2.45) is 5.10 Å². The number of methoxy groups -OCH3 is 1. The van der Waals surface area contributed by atoms with E-state index in [0.717, 1.165) is 30.9 Å². The van der Waals surface area contributed by atoms with E-state index in [0.29, 0.717) is 19.0 Å². The van der Waals surface area contributed by atoms with Gasteiger partial charge in [0, 0.05) is 12.6 Å². The molecule has 130 valence electrons. The highest BCUT2D eigenvalue weighted by molar-refractivity contribution is 5.76. The summed E-state index contributed by atoms with van der Waals surface area (Å²) in [5.41, 5.74) is 5.10. The Kier molecular flexibility index (Phi) is 8.33. The molecule has 0 unspecified atom stereocenters. The van der Waals surface area contributed by atoms with Crippen LogP contribution in [0.25, 0.3) is 0 Å². The first-order chi connectivity index (χ1) is 11.1. The molecule has 0 saturated carbocycles. The second kappa shape index (κ2) is 10.3. The van der Waals surface area contributed by atoms with Crippen molar-refractivity contribution in [2.75, 3.05) is 20.3 Å². The number of hydrogen-bond donors (Lipinski definition) is 2. The molecule has 1 aliphatic heterocycles. The molecule has 0 atom stereocenters. The molecule has 1 heterocycles. The van der Waals surface area contributed by atoms with Crippen molar-refractivity contribution < 1.29 is 19.1 Å². The molecule has 0 aromatic rings. The predicted molar refractivity (Wildman–Crippen MR) is 85.0 cm³/mol. The SMILES string of the molecule is CCCCCCOC(=O)N(CC)C1=CC=NN(NC(=O)OC)N1. The van der Waals surface area contributed by atoms with E-state index in [9.17, 15) is 9.59 Å². The lowest BCUT2D eigenvalue weighted by Gasteiger charge is -2.29. The molecule has 2 amide bonds. The van der Waals surface area contributed by atoms with Gasteiger partial charge in [0.15, 0.2) is 0 Å². The van der Waals surface area contributed by atoms with Crippen molar-refractivity contribution in [3.63, 3.8) is 0 Å². The number of hydrogen-bond acceptors (Lipinski definition) is 7. The number of hydrazine groups is 2. The van der Waals surface area contributed by atoms with Crippen molar-refractivity contribution in [3.8, 4) is 0 Å². The Morgan fingerprint density at radius 3 is 2.78 bits per heavy atom. The van der Waals surface area contributed by atoms with Crippen LogP contribution in [0.3, 0.4) is 0 Å². The second-order valence-corrected chi connectivity index (χ2v) is 4.76. The van der Waals surface area contributed by atoms with E-state index in [4.69, 9.17) is 4.74 Å². The predicted octanol–water partition coefficient (Wildman–Crippen LogP) is 1.94. The van der Waals surface area contributed by atoms with Gasteiger partial charge in [-0.2, -0.15) is 5.43 Å². The van der Waals surface area contributed by atoms with Crippen LogP contribution < -0.4 is 10.9 Å².